The van der Waals surface area contributed by atoms with Gasteiger partial charge in [0.15, 0.2) is 0 Å². The zero-order valence-electron chi connectivity index (χ0n) is 8.48. The van der Waals surface area contributed by atoms with Gasteiger partial charge in [-0.15, -0.1) is 0 Å². The van der Waals surface area contributed by atoms with E-state index in [0.717, 1.165) is 18.1 Å². The average Bonchev–Trinajstić information content (AvgIpc) is 2.14. The molecule has 4 fully saturated rings. The summed E-state index contributed by atoms with van der Waals surface area (Å²) in [5.41, 5.74) is -0.616. The highest BCUT2D eigenvalue weighted by Crippen LogP contribution is 2.58. The Morgan fingerprint density at radius 2 is 1.57 bits per heavy atom. The van der Waals surface area contributed by atoms with E-state index in [1.807, 2.05) is 0 Å². The van der Waals surface area contributed by atoms with Crippen molar-refractivity contribution in [2.24, 2.45) is 23.7 Å². The first-order chi connectivity index (χ1) is 6.72. The molecule has 0 heterocycles. The summed E-state index contributed by atoms with van der Waals surface area (Å²) >= 11 is 0. The Hall–Kier alpha value is -0.370. The Morgan fingerprint density at radius 3 is 2.00 bits per heavy atom. The van der Waals surface area contributed by atoms with Crippen molar-refractivity contribution in [2.45, 2.75) is 44.1 Å². The highest BCUT2D eigenvalue weighted by atomic mass is 16.3. The highest BCUT2D eigenvalue weighted by Gasteiger charge is 2.55. The van der Waals surface area contributed by atoms with Crippen molar-refractivity contribution < 1.29 is 9.90 Å². The molecule has 4 aliphatic carbocycles. The second-order valence-electron chi connectivity index (χ2n) is 5.67. The molecule has 0 atom stereocenters. The molecule has 14 heavy (non-hydrogen) atoms. The van der Waals surface area contributed by atoms with Crippen LogP contribution in [0.2, 0.25) is 0 Å². The Morgan fingerprint density at radius 1 is 1.07 bits per heavy atom. The van der Waals surface area contributed by atoms with Crippen LogP contribution in [0.15, 0.2) is 0 Å². The molecule has 0 aromatic carbocycles. The third kappa shape index (κ3) is 1.04. The van der Waals surface area contributed by atoms with Gasteiger partial charge in [0, 0.05) is 6.42 Å². The molecule has 2 nitrogen and oxygen atoms in total. The highest BCUT2D eigenvalue weighted by molar-refractivity contribution is 5.52. The molecule has 4 rings (SSSR count). The van der Waals surface area contributed by atoms with Crippen molar-refractivity contribution in [2.75, 3.05) is 0 Å². The summed E-state index contributed by atoms with van der Waals surface area (Å²) in [6.45, 7) is 0. The topological polar surface area (TPSA) is 37.3 Å². The Bertz CT molecular complexity index is 231. The summed E-state index contributed by atoms with van der Waals surface area (Å²) in [6.07, 6.45) is 7.40. The standard InChI is InChI=1S/C12H18O2/c13-2-1-12(14)10-4-8-3-9(6-10)7-11(12)5-8/h2,8-11,14H,1,3-7H2. The van der Waals surface area contributed by atoms with E-state index in [1.165, 1.54) is 32.1 Å². The van der Waals surface area contributed by atoms with Gasteiger partial charge in [0.2, 0.25) is 0 Å². The lowest BCUT2D eigenvalue weighted by molar-refractivity contribution is -0.175. The van der Waals surface area contributed by atoms with Gasteiger partial charge in [-0.3, -0.25) is 0 Å². The molecule has 0 aliphatic heterocycles. The van der Waals surface area contributed by atoms with Crippen LogP contribution >= 0.6 is 0 Å². The second kappa shape index (κ2) is 2.82. The molecule has 0 spiro atoms. The van der Waals surface area contributed by atoms with Crippen LogP contribution in [0, 0.1) is 23.7 Å². The molecule has 4 aliphatic rings. The zero-order valence-corrected chi connectivity index (χ0v) is 8.48. The fourth-order valence-corrected chi connectivity index (χ4v) is 4.47. The van der Waals surface area contributed by atoms with Crippen LogP contribution < -0.4 is 0 Å². The first kappa shape index (κ1) is 8.90. The van der Waals surface area contributed by atoms with Crippen LogP contribution in [0.5, 0.6) is 0 Å². The number of carbonyl (C=O) groups is 1. The maximum atomic E-state index is 10.6. The van der Waals surface area contributed by atoms with Crippen LogP contribution in [-0.4, -0.2) is 17.0 Å². The average molecular weight is 194 g/mol. The summed E-state index contributed by atoms with van der Waals surface area (Å²) in [7, 11) is 0. The largest absolute Gasteiger partial charge is 0.389 e. The lowest BCUT2D eigenvalue weighted by atomic mass is 9.49. The number of hydrogen-bond acceptors (Lipinski definition) is 2. The molecule has 4 saturated carbocycles. The fourth-order valence-electron chi connectivity index (χ4n) is 4.47. The lowest BCUT2D eigenvalue weighted by Gasteiger charge is -2.58. The van der Waals surface area contributed by atoms with E-state index in [1.54, 1.807) is 0 Å². The van der Waals surface area contributed by atoms with E-state index >= 15 is 0 Å². The molecule has 0 saturated heterocycles. The van der Waals surface area contributed by atoms with E-state index in [9.17, 15) is 9.90 Å². The van der Waals surface area contributed by atoms with Crippen molar-refractivity contribution in [1.29, 1.82) is 0 Å². The van der Waals surface area contributed by atoms with Crippen molar-refractivity contribution >= 4 is 6.29 Å². The van der Waals surface area contributed by atoms with Crippen molar-refractivity contribution in [3.63, 3.8) is 0 Å². The van der Waals surface area contributed by atoms with E-state index in [-0.39, 0.29) is 0 Å². The number of carbonyl (C=O) groups excluding carboxylic acids is 1. The maximum absolute atomic E-state index is 10.6. The van der Waals surface area contributed by atoms with E-state index in [0.29, 0.717) is 18.3 Å². The zero-order chi connectivity index (χ0) is 9.76. The predicted octanol–water partition coefficient (Wildman–Crippen LogP) is 1.76. The summed E-state index contributed by atoms with van der Waals surface area (Å²) in [6, 6.07) is 0. The van der Waals surface area contributed by atoms with E-state index in [4.69, 9.17) is 0 Å². The number of aldehydes is 1. The van der Waals surface area contributed by atoms with Crippen molar-refractivity contribution in [1.82, 2.24) is 0 Å². The SMILES string of the molecule is O=CCC1(O)C2CC3CC(C2)CC1C3. The third-order valence-electron chi connectivity index (χ3n) is 4.96. The monoisotopic (exact) mass is 194 g/mol. The molecule has 4 bridgehead atoms. The van der Waals surface area contributed by atoms with Crippen molar-refractivity contribution in [3.8, 4) is 0 Å². The van der Waals surface area contributed by atoms with Crippen LogP contribution in [0.4, 0.5) is 0 Å². The first-order valence-electron chi connectivity index (χ1n) is 5.88. The predicted molar refractivity (Wildman–Crippen MR) is 52.7 cm³/mol. The summed E-state index contributed by atoms with van der Waals surface area (Å²) in [4.78, 5) is 10.6. The van der Waals surface area contributed by atoms with Gasteiger partial charge in [-0.05, 0) is 55.8 Å². The van der Waals surface area contributed by atoms with Gasteiger partial charge < -0.3 is 9.90 Å². The molecule has 2 heteroatoms. The minimum Gasteiger partial charge on any atom is -0.389 e. The number of aliphatic hydroxyl groups is 1. The van der Waals surface area contributed by atoms with Crippen LogP contribution in [0.3, 0.4) is 0 Å². The van der Waals surface area contributed by atoms with E-state index < -0.39 is 5.60 Å². The lowest BCUT2D eigenvalue weighted by Crippen LogP contribution is -2.57. The first-order valence-corrected chi connectivity index (χ1v) is 5.88. The molecule has 1 N–H and O–H groups in total. The summed E-state index contributed by atoms with van der Waals surface area (Å²) in [5.74, 6) is 2.60. The summed E-state index contributed by atoms with van der Waals surface area (Å²) < 4.78 is 0. The van der Waals surface area contributed by atoms with Gasteiger partial charge in [-0.25, -0.2) is 0 Å². The van der Waals surface area contributed by atoms with E-state index in [2.05, 4.69) is 0 Å². The quantitative estimate of drug-likeness (QED) is 0.680. The smallest absolute Gasteiger partial charge is 0.122 e. The number of rotatable bonds is 2. The normalized spacial score (nSPS) is 54.9. The van der Waals surface area contributed by atoms with Gasteiger partial charge >= 0.3 is 0 Å². The minimum absolute atomic E-state index is 0.377. The Kier molecular flexibility index (Phi) is 1.79. The Labute approximate surface area is 84.7 Å². The Balaban J connectivity index is 1.90. The molecule has 0 amide bonds. The van der Waals surface area contributed by atoms with Gasteiger partial charge in [0.25, 0.3) is 0 Å². The molecule has 0 aromatic rings. The van der Waals surface area contributed by atoms with Crippen LogP contribution in [0.25, 0.3) is 0 Å². The maximum Gasteiger partial charge on any atom is 0.122 e. The number of hydrogen-bond donors (Lipinski definition) is 1. The molecule has 78 valence electrons. The van der Waals surface area contributed by atoms with Crippen LogP contribution in [0.1, 0.15) is 38.5 Å². The molecule has 0 aromatic heterocycles. The molecule has 0 radical (unpaired) electrons. The molecule has 0 unspecified atom stereocenters. The molecular formula is C12H18O2. The summed E-state index contributed by atoms with van der Waals surface area (Å²) in [5, 5.41) is 10.6. The molecular weight excluding hydrogens is 176 g/mol. The minimum atomic E-state index is -0.616. The third-order valence-corrected chi connectivity index (χ3v) is 4.96. The van der Waals surface area contributed by atoms with Gasteiger partial charge in [-0.2, -0.15) is 0 Å². The second-order valence-corrected chi connectivity index (χ2v) is 5.67. The van der Waals surface area contributed by atoms with Gasteiger partial charge in [0.1, 0.15) is 6.29 Å². The van der Waals surface area contributed by atoms with Gasteiger partial charge in [0.05, 0.1) is 5.60 Å². The van der Waals surface area contributed by atoms with Crippen LogP contribution in [-0.2, 0) is 4.79 Å². The van der Waals surface area contributed by atoms with Gasteiger partial charge in [-0.1, -0.05) is 0 Å². The van der Waals surface area contributed by atoms with Crippen molar-refractivity contribution in [3.05, 3.63) is 0 Å². The fraction of sp³-hybridized carbons (Fsp3) is 0.917.